The van der Waals surface area contributed by atoms with Gasteiger partial charge in [-0.3, -0.25) is 14.9 Å². The molecule has 0 aliphatic rings. The first kappa shape index (κ1) is 15.6. The largest absolute Gasteiger partial charge is 0.378 e. The van der Waals surface area contributed by atoms with Crippen LogP contribution in [0.5, 0.6) is 0 Å². The third kappa shape index (κ3) is 3.31. The normalized spacial score (nSPS) is 10.2. The van der Waals surface area contributed by atoms with Gasteiger partial charge in [0, 0.05) is 20.1 Å². The first-order valence-electron chi connectivity index (χ1n) is 6.16. The molecule has 1 rings (SSSR count). The first-order chi connectivity index (χ1) is 9.42. The van der Waals surface area contributed by atoms with Crippen LogP contribution in [0.25, 0.3) is 0 Å². The second-order valence-corrected chi connectivity index (χ2v) is 4.11. The maximum atomic E-state index is 12.0. The van der Waals surface area contributed by atoms with Crippen LogP contribution >= 0.6 is 0 Å². The van der Waals surface area contributed by atoms with Crippen LogP contribution in [0, 0.1) is 10.1 Å². The summed E-state index contributed by atoms with van der Waals surface area (Å²) < 4.78 is 0. The fourth-order valence-corrected chi connectivity index (χ4v) is 1.79. The van der Waals surface area contributed by atoms with Gasteiger partial charge in [0.2, 0.25) is 17.5 Å². The molecule has 0 aliphatic heterocycles. The van der Waals surface area contributed by atoms with E-state index in [-0.39, 0.29) is 29.8 Å². The lowest BCUT2D eigenvalue weighted by Gasteiger charge is -2.23. The van der Waals surface area contributed by atoms with Crippen LogP contribution in [0.15, 0.2) is 6.33 Å². The summed E-state index contributed by atoms with van der Waals surface area (Å²) in [6.45, 7) is 4.88. The molecule has 1 amide bonds. The molecule has 0 saturated carbocycles. The minimum atomic E-state index is -0.650. The van der Waals surface area contributed by atoms with E-state index in [9.17, 15) is 14.9 Å². The average molecular weight is 282 g/mol. The van der Waals surface area contributed by atoms with Gasteiger partial charge in [0.05, 0.1) is 11.5 Å². The van der Waals surface area contributed by atoms with Gasteiger partial charge in [0.1, 0.15) is 6.33 Å². The third-order valence-electron chi connectivity index (χ3n) is 2.86. The summed E-state index contributed by atoms with van der Waals surface area (Å²) in [5.74, 6) is -0.325. The van der Waals surface area contributed by atoms with E-state index >= 15 is 0 Å². The minimum absolute atomic E-state index is 0.0149. The lowest BCUT2D eigenvalue weighted by molar-refractivity contribution is -0.383. The number of nitrogens with two attached hydrogens (primary N) is 1. The van der Waals surface area contributed by atoms with Gasteiger partial charge >= 0.3 is 5.69 Å². The molecule has 0 aliphatic carbocycles. The smallest absolute Gasteiger partial charge is 0.353 e. The number of likely N-dealkylation sites (N-methyl/N-ethyl adjacent to an activating group) is 2. The topological polar surface area (TPSA) is 118 Å². The lowest BCUT2D eigenvalue weighted by Crippen LogP contribution is -2.39. The molecule has 9 nitrogen and oxygen atoms in total. The number of amides is 1. The number of hydrogen-bond donors (Lipinski definition) is 1. The Hall–Kier alpha value is -2.45. The van der Waals surface area contributed by atoms with Crippen LogP contribution < -0.4 is 10.6 Å². The summed E-state index contributed by atoms with van der Waals surface area (Å²) in [7, 11) is 1.55. The molecule has 0 fully saturated rings. The zero-order chi connectivity index (χ0) is 15.3. The van der Waals surface area contributed by atoms with Gasteiger partial charge < -0.3 is 15.5 Å². The van der Waals surface area contributed by atoms with Crippen molar-refractivity contribution in [3.8, 4) is 0 Å². The summed E-state index contributed by atoms with van der Waals surface area (Å²) in [6.07, 6.45) is 1.13. The van der Waals surface area contributed by atoms with Crippen LogP contribution in [0.4, 0.5) is 17.3 Å². The van der Waals surface area contributed by atoms with Crippen molar-refractivity contribution in [2.24, 2.45) is 0 Å². The van der Waals surface area contributed by atoms with Crippen LogP contribution in [0.2, 0.25) is 0 Å². The zero-order valence-corrected chi connectivity index (χ0v) is 11.7. The molecule has 9 heteroatoms. The van der Waals surface area contributed by atoms with Crippen molar-refractivity contribution in [3.05, 3.63) is 16.4 Å². The van der Waals surface area contributed by atoms with Crippen molar-refractivity contribution in [1.29, 1.82) is 0 Å². The molecule has 1 aromatic heterocycles. The predicted octanol–water partition coefficient (Wildman–Crippen LogP) is 0.272. The summed E-state index contributed by atoms with van der Waals surface area (Å²) >= 11 is 0. The molecule has 0 saturated heterocycles. The molecule has 0 atom stereocenters. The Bertz CT molecular complexity index is 503. The van der Waals surface area contributed by atoms with E-state index in [4.69, 9.17) is 5.73 Å². The fourth-order valence-electron chi connectivity index (χ4n) is 1.79. The van der Waals surface area contributed by atoms with Gasteiger partial charge in [-0.2, -0.15) is 0 Å². The van der Waals surface area contributed by atoms with Gasteiger partial charge in [-0.1, -0.05) is 0 Å². The molecule has 2 N–H and O–H groups in total. The number of nitro groups is 1. The Balaban J connectivity index is 2.99. The SMILES string of the molecule is CCN(CC)C(=O)CN(C)c1ncnc(N)c1[N+](=O)[O-]. The van der Waals surface area contributed by atoms with Crippen LogP contribution in [-0.4, -0.2) is 52.4 Å². The van der Waals surface area contributed by atoms with E-state index in [1.165, 1.54) is 4.90 Å². The molecule has 0 aromatic carbocycles. The van der Waals surface area contributed by atoms with E-state index in [2.05, 4.69) is 9.97 Å². The fraction of sp³-hybridized carbons (Fsp3) is 0.545. The van der Waals surface area contributed by atoms with Crippen molar-refractivity contribution in [1.82, 2.24) is 14.9 Å². The first-order valence-corrected chi connectivity index (χ1v) is 6.16. The molecule has 0 spiro atoms. The van der Waals surface area contributed by atoms with Crippen molar-refractivity contribution in [2.75, 3.05) is 37.3 Å². The van der Waals surface area contributed by atoms with Gasteiger partial charge in [-0.05, 0) is 13.8 Å². The summed E-state index contributed by atoms with van der Waals surface area (Å²) in [6, 6.07) is 0. The Morgan fingerprint density at radius 2 is 2.00 bits per heavy atom. The summed E-state index contributed by atoms with van der Waals surface area (Å²) in [5, 5.41) is 11.0. The number of hydrogen-bond acceptors (Lipinski definition) is 7. The summed E-state index contributed by atoms with van der Waals surface area (Å²) in [4.78, 5) is 32.8. The van der Waals surface area contributed by atoms with E-state index in [0.717, 1.165) is 6.33 Å². The van der Waals surface area contributed by atoms with Crippen molar-refractivity contribution in [2.45, 2.75) is 13.8 Å². The van der Waals surface area contributed by atoms with Crippen molar-refractivity contribution < 1.29 is 9.72 Å². The maximum absolute atomic E-state index is 12.0. The van der Waals surface area contributed by atoms with Crippen molar-refractivity contribution in [3.63, 3.8) is 0 Å². The van der Waals surface area contributed by atoms with E-state index in [1.807, 2.05) is 13.8 Å². The molecular weight excluding hydrogens is 264 g/mol. The molecular formula is C11H18N6O3. The highest BCUT2D eigenvalue weighted by molar-refractivity contribution is 5.82. The average Bonchev–Trinajstić information content (AvgIpc) is 2.39. The highest BCUT2D eigenvalue weighted by Gasteiger charge is 2.25. The number of carbonyl (C=O) groups excluding carboxylic acids is 1. The van der Waals surface area contributed by atoms with E-state index in [0.29, 0.717) is 13.1 Å². The van der Waals surface area contributed by atoms with Gasteiger partial charge in [0.25, 0.3) is 0 Å². The van der Waals surface area contributed by atoms with Crippen LogP contribution in [0.1, 0.15) is 13.8 Å². The molecule has 1 heterocycles. The van der Waals surface area contributed by atoms with Gasteiger partial charge in [-0.15, -0.1) is 0 Å². The van der Waals surface area contributed by atoms with Gasteiger partial charge in [-0.25, -0.2) is 9.97 Å². The molecule has 0 bridgehead atoms. The number of rotatable bonds is 6. The maximum Gasteiger partial charge on any atom is 0.353 e. The van der Waals surface area contributed by atoms with E-state index in [1.54, 1.807) is 11.9 Å². The molecule has 1 aromatic rings. The Kier molecular flexibility index (Phi) is 5.18. The second-order valence-electron chi connectivity index (χ2n) is 4.11. The Morgan fingerprint density at radius 1 is 1.40 bits per heavy atom. The monoisotopic (exact) mass is 282 g/mol. The minimum Gasteiger partial charge on any atom is -0.378 e. The third-order valence-corrected chi connectivity index (χ3v) is 2.86. The molecule has 0 radical (unpaired) electrons. The number of aromatic nitrogens is 2. The number of carbonyl (C=O) groups is 1. The number of nitrogen functional groups attached to an aromatic ring is 1. The lowest BCUT2D eigenvalue weighted by atomic mass is 10.3. The quantitative estimate of drug-likeness (QED) is 0.587. The van der Waals surface area contributed by atoms with E-state index < -0.39 is 4.92 Å². The zero-order valence-electron chi connectivity index (χ0n) is 11.7. The van der Waals surface area contributed by atoms with Crippen LogP contribution in [-0.2, 0) is 4.79 Å². The number of nitrogens with zero attached hydrogens (tertiary/aromatic N) is 5. The predicted molar refractivity (Wildman–Crippen MR) is 74.3 cm³/mol. The molecule has 110 valence electrons. The summed E-state index contributed by atoms with van der Waals surface area (Å²) in [5.41, 5.74) is 5.10. The van der Waals surface area contributed by atoms with Gasteiger partial charge in [0.15, 0.2) is 0 Å². The molecule has 20 heavy (non-hydrogen) atoms. The Morgan fingerprint density at radius 3 is 2.50 bits per heavy atom. The standard InChI is InChI=1S/C11H18N6O3/c1-4-16(5-2)8(18)6-15(3)11-9(17(19)20)10(12)13-7-14-11/h7H,4-6H2,1-3H3,(H2,12,13,14). The number of anilines is 2. The second kappa shape index (κ2) is 6.64. The highest BCUT2D eigenvalue weighted by Crippen LogP contribution is 2.28. The highest BCUT2D eigenvalue weighted by atomic mass is 16.6. The van der Waals surface area contributed by atoms with Crippen LogP contribution in [0.3, 0.4) is 0 Å². The molecule has 0 unspecified atom stereocenters. The van der Waals surface area contributed by atoms with Crippen molar-refractivity contribution >= 4 is 23.2 Å². The Labute approximate surface area is 116 Å².